The Balaban J connectivity index is 2.52. The Morgan fingerprint density at radius 1 is 1.31 bits per heavy atom. The number of hydrogen-bond acceptors (Lipinski definition) is 1. The van der Waals surface area contributed by atoms with Gasteiger partial charge in [0, 0.05) is 11.4 Å². The predicted octanol–water partition coefficient (Wildman–Crippen LogP) is 4.51. The SMILES string of the molecule is CCCCCC(=O)Nc1cc(Cl)ccc1Cl. The highest BCUT2D eigenvalue weighted by Crippen LogP contribution is 2.25. The summed E-state index contributed by atoms with van der Waals surface area (Å²) in [7, 11) is 0. The quantitative estimate of drug-likeness (QED) is 0.775. The zero-order valence-electron chi connectivity index (χ0n) is 9.22. The molecule has 0 heterocycles. The van der Waals surface area contributed by atoms with Crippen molar-refractivity contribution in [2.45, 2.75) is 32.6 Å². The summed E-state index contributed by atoms with van der Waals surface area (Å²) in [5, 5.41) is 3.83. The van der Waals surface area contributed by atoms with Crippen LogP contribution in [0.5, 0.6) is 0 Å². The summed E-state index contributed by atoms with van der Waals surface area (Å²) < 4.78 is 0. The van der Waals surface area contributed by atoms with Gasteiger partial charge in [0.05, 0.1) is 10.7 Å². The van der Waals surface area contributed by atoms with E-state index in [0.717, 1.165) is 19.3 Å². The third kappa shape index (κ3) is 4.42. The van der Waals surface area contributed by atoms with Crippen LogP contribution >= 0.6 is 23.2 Å². The fraction of sp³-hybridized carbons (Fsp3) is 0.417. The van der Waals surface area contributed by atoms with E-state index in [1.54, 1.807) is 18.2 Å². The molecule has 0 saturated carbocycles. The number of rotatable bonds is 5. The van der Waals surface area contributed by atoms with E-state index in [2.05, 4.69) is 12.2 Å². The molecule has 0 aliphatic heterocycles. The number of amides is 1. The lowest BCUT2D eigenvalue weighted by Gasteiger charge is -2.07. The number of carbonyl (C=O) groups is 1. The van der Waals surface area contributed by atoms with Crippen LogP contribution in [0.4, 0.5) is 5.69 Å². The van der Waals surface area contributed by atoms with Crippen molar-refractivity contribution in [1.82, 2.24) is 0 Å². The molecule has 1 amide bonds. The molecule has 1 aromatic carbocycles. The number of anilines is 1. The van der Waals surface area contributed by atoms with Gasteiger partial charge in [0.25, 0.3) is 0 Å². The fourth-order valence-electron chi connectivity index (χ4n) is 1.34. The van der Waals surface area contributed by atoms with E-state index in [0.29, 0.717) is 22.2 Å². The first-order chi connectivity index (χ1) is 7.63. The highest BCUT2D eigenvalue weighted by Gasteiger charge is 2.05. The Hall–Kier alpha value is -0.730. The Kier molecular flexibility index (Phi) is 5.64. The van der Waals surface area contributed by atoms with Gasteiger partial charge in [0.15, 0.2) is 0 Å². The number of benzene rings is 1. The van der Waals surface area contributed by atoms with Crippen LogP contribution in [0.25, 0.3) is 0 Å². The maximum absolute atomic E-state index is 11.5. The second-order valence-electron chi connectivity index (χ2n) is 3.63. The van der Waals surface area contributed by atoms with Gasteiger partial charge >= 0.3 is 0 Å². The fourth-order valence-corrected chi connectivity index (χ4v) is 1.68. The summed E-state index contributed by atoms with van der Waals surface area (Å²) in [5.41, 5.74) is 0.579. The van der Waals surface area contributed by atoms with Crippen LogP contribution in [0.1, 0.15) is 32.6 Å². The van der Waals surface area contributed by atoms with E-state index >= 15 is 0 Å². The van der Waals surface area contributed by atoms with Crippen molar-refractivity contribution in [2.24, 2.45) is 0 Å². The summed E-state index contributed by atoms with van der Waals surface area (Å²) in [5.74, 6) is -0.0161. The molecule has 0 radical (unpaired) electrons. The molecule has 0 unspecified atom stereocenters. The highest BCUT2D eigenvalue weighted by molar-refractivity contribution is 6.35. The van der Waals surface area contributed by atoms with Crippen LogP contribution in [0.15, 0.2) is 18.2 Å². The molecule has 0 spiro atoms. The van der Waals surface area contributed by atoms with Gasteiger partial charge in [0.2, 0.25) is 5.91 Å². The van der Waals surface area contributed by atoms with Gasteiger partial charge in [-0.15, -0.1) is 0 Å². The monoisotopic (exact) mass is 259 g/mol. The van der Waals surface area contributed by atoms with E-state index in [4.69, 9.17) is 23.2 Å². The molecule has 0 aliphatic carbocycles. The third-order valence-electron chi connectivity index (χ3n) is 2.21. The van der Waals surface area contributed by atoms with Gasteiger partial charge < -0.3 is 5.32 Å². The van der Waals surface area contributed by atoms with Crippen LogP contribution in [-0.4, -0.2) is 5.91 Å². The molecule has 88 valence electrons. The average Bonchev–Trinajstić information content (AvgIpc) is 2.24. The van der Waals surface area contributed by atoms with E-state index < -0.39 is 0 Å². The van der Waals surface area contributed by atoms with Gasteiger partial charge in [-0.2, -0.15) is 0 Å². The summed E-state index contributed by atoms with van der Waals surface area (Å²) in [6, 6.07) is 5.02. The largest absolute Gasteiger partial charge is 0.325 e. The van der Waals surface area contributed by atoms with E-state index in [1.807, 2.05) is 0 Å². The Labute approximate surface area is 106 Å². The van der Waals surface area contributed by atoms with Crippen molar-refractivity contribution in [3.8, 4) is 0 Å². The van der Waals surface area contributed by atoms with Crippen molar-refractivity contribution in [1.29, 1.82) is 0 Å². The molecule has 1 N–H and O–H groups in total. The van der Waals surface area contributed by atoms with Crippen molar-refractivity contribution in [3.05, 3.63) is 28.2 Å². The minimum Gasteiger partial charge on any atom is -0.325 e. The molecular weight excluding hydrogens is 245 g/mol. The minimum absolute atomic E-state index is 0.0161. The lowest BCUT2D eigenvalue weighted by Crippen LogP contribution is -2.11. The second kappa shape index (κ2) is 6.77. The van der Waals surface area contributed by atoms with Gasteiger partial charge in [-0.25, -0.2) is 0 Å². The molecule has 0 fully saturated rings. The summed E-state index contributed by atoms with van der Waals surface area (Å²) in [6.45, 7) is 2.10. The van der Waals surface area contributed by atoms with Crippen LogP contribution in [0.3, 0.4) is 0 Å². The normalized spacial score (nSPS) is 10.2. The van der Waals surface area contributed by atoms with Gasteiger partial charge in [-0.1, -0.05) is 43.0 Å². The Morgan fingerprint density at radius 3 is 2.75 bits per heavy atom. The molecule has 1 aromatic rings. The molecule has 0 saturated heterocycles. The third-order valence-corrected chi connectivity index (χ3v) is 2.77. The van der Waals surface area contributed by atoms with Crippen molar-refractivity contribution in [2.75, 3.05) is 5.32 Å². The molecule has 0 aliphatic rings. The lowest BCUT2D eigenvalue weighted by molar-refractivity contribution is -0.116. The first-order valence-corrected chi connectivity index (χ1v) is 6.14. The number of carbonyl (C=O) groups excluding carboxylic acids is 1. The topological polar surface area (TPSA) is 29.1 Å². The van der Waals surface area contributed by atoms with Gasteiger partial charge in [0.1, 0.15) is 0 Å². The highest BCUT2D eigenvalue weighted by atomic mass is 35.5. The predicted molar refractivity (Wildman–Crippen MR) is 69.2 cm³/mol. The van der Waals surface area contributed by atoms with Gasteiger partial charge in [-0.3, -0.25) is 4.79 Å². The molecule has 16 heavy (non-hydrogen) atoms. The van der Waals surface area contributed by atoms with Crippen LogP contribution in [0.2, 0.25) is 10.0 Å². The zero-order valence-corrected chi connectivity index (χ0v) is 10.7. The Bertz CT molecular complexity index is 366. The minimum atomic E-state index is -0.0161. The molecule has 2 nitrogen and oxygen atoms in total. The molecule has 4 heteroatoms. The molecule has 0 atom stereocenters. The van der Waals surface area contributed by atoms with Crippen LogP contribution in [-0.2, 0) is 4.79 Å². The zero-order chi connectivity index (χ0) is 12.0. The van der Waals surface area contributed by atoms with Crippen molar-refractivity contribution in [3.63, 3.8) is 0 Å². The number of unbranched alkanes of at least 4 members (excludes halogenated alkanes) is 2. The molecule has 0 aromatic heterocycles. The smallest absolute Gasteiger partial charge is 0.224 e. The molecule has 0 bridgehead atoms. The van der Waals surface area contributed by atoms with Gasteiger partial charge in [-0.05, 0) is 24.6 Å². The van der Waals surface area contributed by atoms with Crippen molar-refractivity contribution >= 4 is 34.8 Å². The summed E-state index contributed by atoms with van der Waals surface area (Å²) >= 11 is 11.7. The lowest BCUT2D eigenvalue weighted by atomic mass is 10.2. The van der Waals surface area contributed by atoms with Crippen molar-refractivity contribution < 1.29 is 4.79 Å². The number of nitrogens with one attached hydrogen (secondary N) is 1. The first kappa shape index (κ1) is 13.3. The maximum atomic E-state index is 11.5. The average molecular weight is 260 g/mol. The molecular formula is C12H15Cl2NO. The van der Waals surface area contributed by atoms with E-state index in [-0.39, 0.29) is 5.91 Å². The van der Waals surface area contributed by atoms with E-state index in [9.17, 15) is 4.79 Å². The molecule has 1 rings (SSSR count). The van der Waals surface area contributed by atoms with E-state index in [1.165, 1.54) is 0 Å². The number of halogens is 2. The Morgan fingerprint density at radius 2 is 2.06 bits per heavy atom. The number of hydrogen-bond donors (Lipinski definition) is 1. The summed E-state index contributed by atoms with van der Waals surface area (Å²) in [4.78, 5) is 11.5. The van der Waals surface area contributed by atoms with Crippen LogP contribution < -0.4 is 5.32 Å². The second-order valence-corrected chi connectivity index (χ2v) is 4.47. The standard InChI is InChI=1S/C12H15Cl2NO/c1-2-3-4-5-12(16)15-11-8-9(13)6-7-10(11)14/h6-8H,2-5H2,1H3,(H,15,16). The maximum Gasteiger partial charge on any atom is 0.224 e. The van der Waals surface area contributed by atoms with Crippen LogP contribution in [0, 0.1) is 0 Å². The summed E-state index contributed by atoms with van der Waals surface area (Å²) in [6.07, 6.45) is 3.60. The first-order valence-electron chi connectivity index (χ1n) is 5.38.